The number of hydrogen-bond donors (Lipinski definition) is 2. The van der Waals surface area contributed by atoms with E-state index in [2.05, 4.69) is 0 Å². The normalized spacial score (nSPS) is 12.0. The van der Waals surface area contributed by atoms with Gasteiger partial charge in [0.15, 0.2) is 10.9 Å². The summed E-state index contributed by atoms with van der Waals surface area (Å²) in [6, 6.07) is 13.2. The second-order valence-electron chi connectivity index (χ2n) is 11.7. The summed E-state index contributed by atoms with van der Waals surface area (Å²) < 4.78 is 12.3. The topological polar surface area (TPSA) is 118 Å². The summed E-state index contributed by atoms with van der Waals surface area (Å²) in [6.45, 7) is 7.60. The predicted octanol–water partition coefficient (Wildman–Crippen LogP) is 6.48. The minimum absolute atomic E-state index is 0.130. The molecule has 1 aromatic carbocycles. The van der Waals surface area contributed by atoms with Crippen LogP contribution < -0.4 is 10.9 Å². The van der Waals surface area contributed by atoms with Crippen molar-refractivity contribution in [2.75, 3.05) is 6.61 Å². The van der Waals surface area contributed by atoms with E-state index in [-0.39, 0.29) is 22.9 Å². The smallest absolute Gasteiger partial charge is 0.309 e. The van der Waals surface area contributed by atoms with Crippen molar-refractivity contribution >= 4 is 5.97 Å². The maximum Gasteiger partial charge on any atom is 0.309 e. The van der Waals surface area contributed by atoms with Gasteiger partial charge in [0.2, 0.25) is 0 Å². The van der Waals surface area contributed by atoms with Crippen molar-refractivity contribution in [2.45, 2.75) is 79.1 Å². The molecule has 0 radical (unpaired) electrons. The molecule has 2 aromatic heterocycles. The van der Waals surface area contributed by atoms with Crippen molar-refractivity contribution in [1.82, 2.24) is 0 Å². The van der Waals surface area contributed by atoms with Crippen molar-refractivity contribution in [3.8, 4) is 22.6 Å². The number of hydrogen-bond acceptors (Lipinski definition) is 6. The molecule has 0 saturated carbocycles. The summed E-state index contributed by atoms with van der Waals surface area (Å²) in [6.07, 6.45) is 5.65. The molecule has 2 N–H and O–H groups in total. The first kappa shape index (κ1) is 30.1. The summed E-state index contributed by atoms with van der Waals surface area (Å²) in [4.78, 5) is 36.4. The maximum absolute atomic E-state index is 12.5. The van der Waals surface area contributed by atoms with Gasteiger partial charge in [-0.05, 0) is 44.9 Å². The largest absolute Gasteiger partial charge is 0.481 e. The number of aliphatic carboxylic acids is 1. The van der Waals surface area contributed by atoms with Crippen LogP contribution in [0.5, 0.6) is 0 Å². The van der Waals surface area contributed by atoms with E-state index in [1.807, 2.05) is 38.1 Å². The SMILES string of the molecule is CC(C)(CO)CCCCc1cc(=O)cc(-c2ccccc2-c2cc(=O)cc(CCCCC(C)(C)C(=O)O)o2)o1. The Morgan fingerprint density at radius 1 is 0.744 bits per heavy atom. The van der Waals surface area contributed by atoms with Gasteiger partial charge in [0.25, 0.3) is 0 Å². The molecule has 7 heteroatoms. The zero-order valence-corrected chi connectivity index (χ0v) is 23.4. The van der Waals surface area contributed by atoms with Crippen LogP contribution in [0, 0.1) is 10.8 Å². The molecular formula is C32H40O7. The van der Waals surface area contributed by atoms with Gasteiger partial charge in [0.05, 0.1) is 5.41 Å². The molecule has 0 saturated heterocycles. The minimum Gasteiger partial charge on any atom is -0.481 e. The molecule has 3 aromatic rings. The van der Waals surface area contributed by atoms with E-state index in [9.17, 15) is 24.6 Å². The Kier molecular flexibility index (Phi) is 10.1. The van der Waals surface area contributed by atoms with Crippen LogP contribution in [0.2, 0.25) is 0 Å². The fourth-order valence-corrected chi connectivity index (χ4v) is 4.44. The van der Waals surface area contributed by atoms with Crippen LogP contribution in [0.1, 0.15) is 77.7 Å². The van der Waals surface area contributed by atoms with Crippen LogP contribution in [0.3, 0.4) is 0 Å². The van der Waals surface area contributed by atoms with Crippen molar-refractivity contribution in [3.05, 3.63) is 80.5 Å². The lowest BCUT2D eigenvalue weighted by Crippen LogP contribution is -2.23. The van der Waals surface area contributed by atoms with Gasteiger partial charge < -0.3 is 19.0 Å². The first-order valence-electron chi connectivity index (χ1n) is 13.6. The van der Waals surface area contributed by atoms with Crippen LogP contribution in [-0.2, 0) is 17.6 Å². The average Bonchev–Trinajstić information content (AvgIpc) is 2.88. The van der Waals surface area contributed by atoms with E-state index in [4.69, 9.17) is 8.83 Å². The number of carbonyl (C=O) groups is 1. The third-order valence-corrected chi connectivity index (χ3v) is 7.10. The third kappa shape index (κ3) is 8.79. The monoisotopic (exact) mass is 536 g/mol. The Morgan fingerprint density at radius 2 is 1.21 bits per heavy atom. The molecule has 210 valence electrons. The number of carboxylic acids is 1. The number of unbranched alkanes of at least 4 members (excludes halogenated alkanes) is 2. The van der Waals surface area contributed by atoms with Gasteiger partial charge in [0, 0.05) is 54.8 Å². The number of benzene rings is 1. The van der Waals surface area contributed by atoms with Gasteiger partial charge in [-0.1, -0.05) is 51.0 Å². The van der Waals surface area contributed by atoms with Gasteiger partial charge in [-0.25, -0.2) is 0 Å². The quantitative estimate of drug-likeness (QED) is 0.226. The molecule has 0 bridgehead atoms. The zero-order valence-electron chi connectivity index (χ0n) is 23.4. The summed E-state index contributed by atoms with van der Waals surface area (Å²) in [5.74, 6) is 1.09. The van der Waals surface area contributed by atoms with Crippen LogP contribution in [0.25, 0.3) is 22.6 Å². The highest BCUT2D eigenvalue weighted by atomic mass is 16.4. The van der Waals surface area contributed by atoms with Gasteiger partial charge in [-0.2, -0.15) is 0 Å². The lowest BCUT2D eigenvalue weighted by molar-refractivity contribution is -0.147. The van der Waals surface area contributed by atoms with Crippen molar-refractivity contribution in [3.63, 3.8) is 0 Å². The number of aryl methyl sites for hydroxylation is 2. The number of carboxylic acid groups (broad SMARTS) is 1. The molecule has 0 amide bonds. The fourth-order valence-electron chi connectivity index (χ4n) is 4.44. The van der Waals surface area contributed by atoms with Crippen LogP contribution in [0.4, 0.5) is 0 Å². The van der Waals surface area contributed by atoms with Crippen LogP contribution in [0.15, 0.2) is 67.0 Å². The Morgan fingerprint density at radius 3 is 1.64 bits per heavy atom. The van der Waals surface area contributed by atoms with Gasteiger partial charge in [0.1, 0.15) is 23.0 Å². The van der Waals surface area contributed by atoms with E-state index in [0.717, 1.165) is 19.3 Å². The fraction of sp³-hybridized carbons (Fsp3) is 0.469. The Labute approximate surface area is 229 Å². The van der Waals surface area contributed by atoms with Crippen molar-refractivity contribution in [2.24, 2.45) is 10.8 Å². The van der Waals surface area contributed by atoms with Crippen molar-refractivity contribution in [1.29, 1.82) is 0 Å². The third-order valence-electron chi connectivity index (χ3n) is 7.10. The maximum atomic E-state index is 12.5. The molecule has 2 heterocycles. The zero-order chi connectivity index (χ0) is 28.6. The Bertz CT molecular complexity index is 1380. The molecule has 3 rings (SSSR count). The summed E-state index contributed by atoms with van der Waals surface area (Å²) in [5, 5.41) is 18.8. The summed E-state index contributed by atoms with van der Waals surface area (Å²) >= 11 is 0. The second kappa shape index (κ2) is 13.1. The second-order valence-corrected chi connectivity index (χ2v) is 11.7. The van der Waals surface area contributed by atoms with E-state index in [1.165, 1.54) is 24.3 Å². The van der Waals surface area contributed by atoms with E-state index >= 15 is 0 Å². The highest BCUT2D eigenvalue weighted by Gasteiger charge is 2.26. The predicted molar refractivity (Wildman–Crippen MR) is 152 cm³/mol. The van der Waals surface area contributed by atoms with E-state index in [1.54, 1.807) is 13.8 Å². The van der Waals surface area contributed by atoms with Crippen LogP contribution in [-0.4, -0.2) is 22.8 Å². The minimum atomic E-state index is -0.825. The molecule has 0 spiro atoms. The molecule has 0 aliphatic rings. The highest BCUT2D eigenvalue weighted by Crippen LogP contribution is 2.32. The first-order chi connectivity index (χ1) is 18.4. The average molecular weight is 537 g/mol. The lowest BCUT2D eigenvalue weighted by atomic mass is 9.87. The summed E-state index contributed by atoms with van der Waals surface area (Å²) in [5.41, 5.74) is 0.0320. The molecule has 0 aliphatic carbocycles. The number of aliphatic hydroxyl groups excluding tert-OH is 1. The van der Waals surface area contributed by atoms with Gasteiger partial charge in [-0.3, -0.25) is 14.4 Å². The van der Waals surface area contributed by atoms with Crippen LogP contribution >= 0.6 is 0 Å². The molecular weight excluding hydrogens is 496 g/mol. The number of rotatable bonds is 14. The molecule has 0 aliphatic heterocycles. The standard InChI is InChI=1S/C32H40O7/c1-31(2,21-33)15-9-7-11-24-17-22(34)19-28(38-24)26-13-5-6-14-27(26)29-20-23(35)18-25(39-29)12-8-10-16-32(3,4)30(36)37/h5-6,13-14,17-20,33H,7-12,15-16,21H2,1-4H3,(H,36,37). The lowest BCUT2D eigenvalue weighted by Gasteiger charge is -2.20. The molecule has 39 heavy (non-hydrogen) atoms. The Hall–Kier alpha value is -3.45. The van der Waals surface area contributed by atoms with E-state index < -0.39 is 11.4 Å². The highest BCUT2D eigenvalue weighted by molar-refractivity contribution is 5.78. The van der Waals surface area contributed by atoms with Gasteiger partial charge >= 0.3 is 5.97 Å². The van der Waals surface area contributed by atoms with Crippen molar-refractivity contribution < 1.29 is 23.8 Å². The van der Waals surface area contributed by atoms with Gasteiger partial charge in [-0.15, -0.1) is 0 Å². The summed E-state index contributed by atoms with van der Waals surface area (Å²) in [7, 11) is 0. The molecule has 0 fully saturated rings. The Balaban J connectivity index is 1.80. The number of aliphatic hydroxyl groups is 1. The molecule has 7 nitrogen and oxygen atoms in total. The van der Waals surface area contributed by atoms with E-state index in [0.29, 0.717) is 66.3 Å². The molecule has 0 unspecified atom stereocenters. The molecule has 0 atom stereocenters. The first-order valence-corrected chi connectivity index (χ1v) is 13.6.